The van der Waals surface area contributed by atoms with Crippen LogP contribution in [0.1, 0.15) is 36.6 Å². The second-order valence-corrected chi connectivity index (χ2v) is 9.26. The van der Waals surface area contributed by atoms with Crippen molar-refractivity contribution in [2.75, 3.05) is 26.7 Å². The lowest BCUT2D eigenvalue weighted by Crippen LogP contribution is -2.29. The first-order valence-corrected chi connectivity index (χ1v) is 12.4. The number of nitrogens with two attached hydrogens (primary N) is 1. The van der Waals surface area contributed by atoms with Crippen molar-refractivity contribution in [2.45, 2.75) is 44.7 Å². The number of likely N-dealkylation sites (tertiary alicyclic amines) is 1. The van der Waals surface area contributed by atoms with Crippen LogP contribution in [0.25, 0.3) is 22.0 Å². The Bertz CT molecular complexity index is 1310. The van der Waals surface area contributed by atoms with E-state index in [1.807, 2.05) is 33.9 Å². The number of nitrogens with one attached hydrogen (secondary N) is 1. The fourth-order valence-electron chi connectivity index (χ4n) is 4.77. The minimum Gasteiger partial charge on any atom is -0.441 e. The molecule has 4 aromatic heterocycles. The lowest BCUT2D eigenvalue weighted by Gasteiger charge is -2.28. The van der Waals surface area contributed by atoms with Gasteiger partial charge in [-0.1, -0.05) is 0 Å². The minimum absolute atomic E-state index is 0.594. The number of hydrogen-bond acceptors (Lipinski definition) is 6. The average Bonchev–Trinajstić information content (AvgIpc) is 3.68. The third-order valence-electron chi connectivity index (χ3n) is 6.76. The van der Waals surface area contributed by atoms with Crippen LogP contribution < -0.4 is 5.73 Å². The molecular weight excluding hydrogens is 440 g/mol. The molecule has 5 aromatic rings. The Morgan fingerprint density at radius 1 is 1.06 bits per heavy atom. The highest BCUT2D eigenvalue weighted by molar-refractivity contribution is 6.04. The maximum Gasteiger partial charge on any atom is 0.197 e. The predicted octanol–water partition coefficient (Wildman–Crippen LogP) is 3.79. The van der Waals surface area contributed by atoms with Gasteiger partial charge in [0, 0.05) is 61.4 Å². The Morgan fingerprint density at radius 2 is 1.80 bits per heavy atom. The Morgan fingerprint density at radius 3 is 2.49 bits per heavy atom. The zero-order valence-electron chi connectivity index (χ0n) is 20.3. The maximum absolute atomic E-state index is 6.04. The molecule has 3 N–H and O–H groups in total. The first-order valence-electron chi connectivity index (χ1n) is 12.4. The molecule has 0 radical (unpaired) electrons. The Balaban J connectivity index is 0.000000239. The number of imidazole rings is 2. The summed E-state index contributed by atoms with van der Waals surface area (Å²) in [7, 11) is 2.20. The normalized spacial score (nSPS) is 15.0. The summed E-state index contributed by atoms with van der Waals surface area (Å²) in [6.07, 6.45) is 17.5. The van der Waals surface area contributed by atoms with Crippen LogP contribution in [0.5, 0.6) is 0 Å². The number of aromatic nitrogens is 6. The molecule has 0 amide bonds. The molecule has 6 rings (SSSR count). The molecule has 0 spiro atoms. The summed E-state index contributed by atoms with van der Waals surface area (Å²) in [5.41, 5.74) is 9.74. The first-order chi connectivity index (χ1) is 17.2. The van der Waals surface area contributed by atoms with Crippen molar-refractivity contribution >= 4 is 22.0 Å². The lowest BCUT2D eigenvalue weighted by molar-refractivity contribution is 0.256. The third kappa shape index (κ3) is 5.47. The van der Waals surface area contributed by atoms with Crippen LogP contribution >= 0.6 is 0 Å². The molecule has 1 fully saturated rings. The second kappa shape index (κ2) is 10.9. The van der Waals surface area contributed by atoms with E-state index >= 15 is 0 Å². The van der Waals surface area contributed by atoms with Gasteiger partial charge in [-0.3, -0.25) is 0 Å². The van der Waals surface area contributed by atoms with Gasteiger partial charge < -0.3 is 29.2 Å². The van der Waals surface area contributed by atoms with Crippen LogP contribution in [-0.2, 0) is 19.5 Å². The molecule has 35 heavy (non-hydrogen) atoms. The number of H-pyrrole nitrogens is 1. The SMILES string of the molecule is CN1CCC(c2c[nH]c3ccc4oc(CCn5ccnc5)nc4c23)CC1.NCCCn1ccnc1. The molecule has 1 aliphatic rings. The molecule has 1 aliphatic heterocycles. The number of nitrogens with zero attached hydrogens (tertiary/aromatic N) is 6. The highest BCUT2D eigenvalue weighted by Gasteiger charge is 2.23. The van der Waals surface area contributed by atoms with Crippen LogP contribution in [0.4, 0.5) is 0 Å². The van der Waals surface area contributed by atoms with Gasteiger partial charge in [0.05, 0.1) is 12.7 Å². The quantitative estimate of drug-likeness (QED) is 0.372. The summed E-state index contributed by atoms with van der Waals surface area (Å²) in [5, 5.41) is 1.25. The van der Waals surface area contributed by atoms with E-state index in [1.165, 1.54) is 23.8 Å². The van der Waals surface area contributed by atoms with Gasteiger partial charge in [-0.25, -0.2) is 15.0 Å². The zero-order valence-corrected chi connectivity index (χ0v) is 20.3. The average molecular weight is 475 g/mol. The van der Waals surface area contributed by atoms with E-state index < -0.39 is 0 Å². The van der Waals surface area contributed by atoms with Crippen LogP contribution in [0.2, 0.25) is 0 Å². The van der Waals surface area contributed by atoms with Gasteiger partial charge in [-0.05, 0) is 69.6 Å². The zero-order chi connectivity index (χ0) is 24.0. The molecule has 0 atom stereocenters. The molecule has 9 heteroatoms. The molecule has 1 saturated heterocycles. The Hall–Kier alpha value is -3.43. The van der Waals surface area contributed by atoms with Crippen molar-refractivity contribution in [3.63, 3.8) is 0 Å². The van der Waals surface area contributed by atoms with Gasteiger partial charge in [0.25, 0.3) is 0 Å². The maximum atomic E-state index is 6.04. The number of rotatable bonds is 7. The number of aromatic amines is 1. The number of piperidine rings is 1. The van der Waals surface area contributed by atoms with Crippen molar-refractivity contribution in [1.29, 1.82) is 0 Å². The van der Waals surface area contributed by atoms with Gasteiger partial charge in [0.15, 0.2) is 11.5 Å². The fraction of sp³-hybridized carbons (Fsp3) is 0.423. The van der Waals surface area contributed by atoms with Crippen LogP contribution in [-0.4, -0.2) is 60.7 Å². The third-order valence-corrected chi connectivity index (χ3v) is 6.76. The van der Waals surface area contributed by atoms with E-state index in [4.69, 9.17) is 15.1 Å². The van der Waals surface area contributed by atoms with Crippen molar-refractivity contribution in [3.8, 4) is 0 Å². The van der Waals surface area contributed by atoms with Gasteiger partial charge in [0.2, 0.25) is 0 Å². The summed E-state index contributed by atoms with van der Waals surface area (Å²) in [6.45, 7) is 4.87. The molecule has 9 nitrogen and oxygen atoms in total. The highest BCUT2D eigenvalue weighted by atomic mass is 16.3. The second-order valence-electron chi connectivity index (χ2n) is 9.26. The number of hydrogen-bond donors (Lipinski definition) is 2. The molecule has 0 aliphatic carbocycles. The molecule has 0 unspecified atom stereocenters. The number of aryl methyl sites for hydroxylation is 3. The largest absolute Gasteiger partial charge is 0.441 e. The van der Waals surface area contributed by atoms with Gasteiger partial charge in [-0.15, -0.1) is 0 Å². The van der Waals surface area contributed by atoms with Crippen LogP contribution in [0, 0.1) is 0 Å². The number of benzene rings is 1. The summed E-state index contributed by atoms with van der Waals surface area (Å²) in [6, 6.07) is 4.14. The standard InChI is InChI=1S/C20H23N5O.C6H11N3/c1-24-8-4-14(5-9-24)15-12-22-16-2-3-17-20(19(15)16)23-18(26-17)6-10-25-11-7-21-13-25;7-2-1-4-9-5-3-8-6-9/h2-3,7,11-14,22H,4-6,8-10H2,1H3;3,5-6H,1-2,4,7H2. The van der Waals surface area contributed by atoms with Gasteiger partial charge in [-0.2, -0.15) is 0 Å². The van der Waals surface area contributed by atoms with Gasteiger partial charge in [0.1, 0.15) is 5.52 Å². The molecular formula is C26H34N8O. The van der Waals surface area contributed by atoms with Crippen molar-refractivity contribution in [2.24, 2.45) is 5.73 Å². The van der Waals surface area contributed by atoms with Crippen molar-refractivity contribution < 1.29 is 4.42 Å². The minimum atomic E-state index is 0.594. The molecule has 5 heterocycles. The fourth-order valence-corrected chi connectivity index (χ4v) is 4.77. The molecule has 0 saturated carbocycles. The number of oxazole rings is 1. The molecule has 0 bridgehead atoms. The van der Waals surface area contributed by atoms with E-state index in [2.05, 4.69) is 39.2 Å². The smallest absolute Gasteiger partial charge is 0.197 e. The molecule has 1 aromatic carbocycles. The van der Waals surface area contributed by atoms with Crippen LogP contribution in [0.15, 0.2) is 60.2 Å². The summed E-state index contributed by atoms with van der Waals surface area (Å²) >= 11 is 0. The highest BCUT2D eigenvalue weighted by Crippen LogP contribution is 2.36. The number of fused-ring (bicyclic) bond motifs is 3. The molecule has 184 valence electrons. The van der Waals surface area contributed by atoms with E-state index in [0.29, 0.717) is 5.92 Å². The van der Waals surface area contributed by atoms with Gasteiger partial charge >= 0.3 is 0 Å². The Labute approximate surface area is 205 Å². The predicted molar refractivity (Wildman–Crippen MR) is 137 cm³/mol. The monoisotopic (exact) mass is 474 g/mol. The first kappa shape index (κ1) is 23.3. The van der Waals surface area contributed by atoms with E-state index in [0.717, 1.165) is 68.1 Å². The summed E-state index contributed by atoms with van der Waals surface area (Å²) < 4.78 is 10.1. The van der Waals surface area contributed by atoms with E-state index in [9.17, 15) is 0 Å². The van der Waals surface area contributed by atoms with Crippen molar-refractivity contribution in [3.05, 3.63) is 67.2 Å². The van der Waals surface area contributed by atoms with E-state index in [-0.39, 0.29) is 0 Å². The van der Waals surface area contributed by atoms with E-state index in [1.54, 1.807) is 18.7 Å². The van der Waals surface area contributed by atoms with Crippen molar-refractivity contribution in [1.82, 2.24) is 34.0 Å². The topological polar surface area (TPSA) is 107 Å². The van der Waals surface area contributed by atoms with Crippen LogP contribution in [0.3, 0.4) is 0 Å². The lowest BCUT2D eigenvalue weighted by atomic mass is 9.89. The summed E-state index contributed by atoms with van der Waals surface area (Å²) in [4.78, 5) is 18.7. The summed E-state index contributed by atoms with van der Waals surface area (Å²) in [5.74, 6) is 1.38. The Kier molecular flexibility index (Phi) is 7.25.